The Kier molecular flexibility index (Phi) is 8.90. The van der Waals surface area contributed by atoms with Gasteiger partial charge in [-0.2, -0.15) is 0 Å². The van der Waals surface area contributed by atoms with E-state index in [9.17, 15) is 9.59 Å². The second-order valence-electron chi connectivity index (χ2n) is 12.3. The molecule has 2 aromatic carbocycles. The fraction of sp³-hybridized carbons (Fsp3) is 0.517. The minimum absolute atomic E-state index is 0.0887. The van der Waals surface area contributed by atoms with Crippen molar-refractivity contribution < 1.29 is 19.8 Å². The average molecular weight is 485 g/mol. The van der Waals surface area contributed by atoms with E-state index in [-0.39, 0.29) is 27.7 Å². The van der Waals surface area contributed by atoms with Gasteiger partial charge >= 0.3 is 0 Å². The topological polar surface area (TPSA) is 104 Å². The van der Waals surface area contributed by atoms with Gasteiger partial charge in [0.1, 0.15) is 11.1 Å². The van der Waals surface area contributed by atoms with Gasteiger partial charge in [-0.3, -0.25) is 9.59 Å². The molecule has 6 nitrogen and oxygen atoms in total. The molecule has 0 spiro atoms. The summed E-state index contributed by atoms with van der Waals surface area (Å²) in [5, 5.41) is 23.7. The van der Waals surface area contributed by atoms with E-state index >= 15 is 0 Å². The van der Waals surface area contributed by atoms with Crippen LogP contribution in [0.1, 0.15) is 98.4 Å². The number of hydrogen-bond donors (Lipinski definition) is 2. The van der Waals surface area contributed by atoms with Gasteiger partial charge in [-0.25, -0.2) is 0 Å². The Morgan fingerprint density at radius 2 is 1.00 bits per heavy atom. The molecule has 0 aliphatic heterocycles. The summed E-state index contributed by atoms with van der Waals surface area (Å²) in [4.78, 5) is 23.0. The zero-order valence-electron chi connectivity index (χ0n) is 22.6. The van der Waals surface area contributed by atoms with E-state index < -0.39 is 0 Å². The molecule has 35 heavy (non-hydrogen) atoms. The van der Waals surface area contributed by atoms with Gasteiger partial charge in [0.15, 0.2) is 12.6 Å². The lowest BCUT2D eigenvalue weighted by molar-refractivity contribution is 0.111. The van der Waals surface area contributed by atoms with Gasteiger partial charge < -0.3 is 20.8 Å². The van der Waals surface area contributed by atoms with Crippen LogP contribution in [0.15, 0.2) is 24.3 Å². The molecule has 0 saturated carbocycles. The van der Waals surface area contributed by atoms with Crippen molar-refractivity contribution in [2.24, 2.45) is 5.41 Å². The number of aldehydes is 2. The van der Waals surface area contributed by atoms with Gasteiger partial charge in [0.05, 0.1) is 11.1 Å². The van der Waals surface area contributed by atoms with Crippen LogP contribution in [0.25, 0.3) is 0 Å². The van der Waals surface area contributed by atoms with Crippen LogP contribution in [0.2, 0.25) is 0 Å². The van der Waals surface area contributed by atoms with Crippen LogP contribution < -0.4 is 10.6 Å². The fourth-order valence-corrected chi connectivity index (χ4v) is 3.92. The standard InChI is InChI=1S/C29H42N2O4/c1-27(2,3)23-9-19(25(34)21(11-23)15-32)13-30-17-29(7,8)18-31-14-20-10-24(28(4,5)6)12-22(16-33)26(20)35/h9-12,15-16,30-31,34-35H,13-14,17-18H2,1-8H3/p+2. The van der Waals surface area contributed by atoms with Crippen molar-refractivity contribution in [3.05, 3.63) is 57.6 Å². The van der Waals surface area contributed by atoms with E-state index in [4.69, 9.17) is 10.2 Å². The maximum Gasteiger partial charge on any atom is 0.269 e. The van der Waals surface area contributed by atoms with Crippen LogP contribution in [-0.2, 0) is 23.9 Å². The molecular formula is C29H44N2O4+2. The first kappa shape index (κ1) is 28.5. The lowest BCUT2D eigenvalue weighted by Gasteiger charge is -2.26. The second-order valence-corrected chi connectivity index (χ2v) is 12.3. The molecule has 0 fully saturated rings. The van der Waals surface area contributed by atoms with Crippen molar-refractivity contribution in [3.8, 4) is 11.5 Å². The quantitative estimate of drug-likeness (QED) is 0.377. The minimum Gasteiger partial charge on any atom is -0.593 e. The molecule has 0 saturated heterocycles. The molecule has 0 amide bonds. The zero-order valence-corrected chi connectivity index (χ0v) is 22.6. The normalized spacial score (nSPS) is 12.6. The Morgan fingerprint density at radius 1 is 0.657 bits per heavy atom. The van der Waals surface area contributed by atoms with Crippen molar-refractivity contribution in [3.63, 3.8) is 0 Å². The van der Waals surface area contributed by atoms with Crippen molar-refractivity contribution in [1.29, 1.82) is 0 Å². The molecule has 0 aliphatic carbocycles. The van der Waals surface area contributed by atoms with E-state index in [0.29, 0.717) is 37.3 Å². The molecular weight excluding hydrogens is 440 g/mol. The summed E-state index contributed by atoms with van der Waals surface area (Å²) < 4.78 is 0. The maximum atomic E-state index is 11.5. The molecule has 0 aromatic heterocycles. The van der Waals surface area contributed by atoms with Gasteiger partial charge in [0.2, 0.25) is 0 Å². The summed E-state index contributed by atoms with van der Waals surface area (Å²) in [6.45, 7) is 19.4. The second kappa shape index (κ2) is 10.9. The number of hydrogen-bond acceptors (Lipinski definition) is 4. The van der Waals surface area contributed by atoms with E-state index in [1.54, 1.807) is 0 Å². The summed E-state index contributed by atoms with van der Waals surface area (Å²) >= 11 is 0. The van der Waals surface area contributed by atoms with Crippen molar-refractivity contribution in [2.75, 3.05) is 13.1 Å². The molecule has 0 atom stereocenters. The first-order valence-corrected chi connectivity index (χ1v) is 12.2. The molecule has 6 N–H and O–H groups in total. The predicted molar refractivity (Wildman–Crippen MR) is 144 cm³/mol. The number of carbonyl (C=O) groups excluding carboxylic acids is 2. The van der Waals surface area contributed by atoms with E-state index in [0.717, 1.165) is 34.8 Å². The highest BCUT2D eigenvalue weighted by atomic mass is 16.3. The van der Waals surface area contributed by atoms with Crippen LogP contribution in [0.5, 0.6) is 11.5 Å². The van der Waals surface area contributed by atoms with Crippen LogP contribution in [0.3, 0.4) is 0 Å². The minimum atomic E-state index is -0.103. The Bertz CT molecular complexity index is 976. The monoisotopic (exact) mass is 484 g/mol. The molecule has 2 aromatic rings. The molecule has 0 aliphatic rings. The largest absolute Gasteiger partial charge is 0.593 e. The molecule has 2 rings (SSSR count). The maximum absolute atomic E-state index is 11.5. The summed E-state index contributed by atoms with van der Waals surface area (Å²) in [6, 6.07) is 7.68. The fourth-order valence-electron chi connectivity index (χ4n) is 3.92. The van der Waals surface area contributed by atoms with Gasteiger partial charge in [-0.1, -0.05) is 55.4 Å². The Hall–Kier alpha value is -2.70. The van der Waals surface area contributed by atoms with Crippen molar-refractivity contribution >= 4 is 12.6 Å². The van der Waals surface area contributed by atoms with Crippen LogP contribution in [-0.4, -0.2) is 35.9 Å². The Balaban J connectivity index is 2.03. The lowest BCUT2D eigenvalue weighted by Crippen LogP contribution is -2.37. The summed E-state index contributed by atoms with van der Waals surface area (Å²) in [5.74, 6) is 0.563. The highest BCUT2D eigenvalue weighted by molar-refractivity contribution is 5.81. The number of carbonyl (C=O) groups is 2. The third-order valence-corrected chi connectivity index (χ3v) is 6.33. The van der Waals surface area contributed by atoms with E-state index in [2.05, 4.69) is 66.0 Å². The van der Waals surface area contributed by atoms with Gasteiger partial charge in [-0.05, 0) is 51.6 Å². The van der Waals surface area contributed by atoms with Crippen molar-refractivity contribution in [1.82, 2.24) is 10.6 Å². The van der Waals surface area contributed by atoms with Gasteiger partial charge in [0.25, 0.3) is 11.5 Å². The van der Waals surface area contributed by atoms with Crippen LogP contribution in [0.4, 0.5) is 0 Å². The average Bonchev–Trinajstić information content (AvgIpc) is 2.74. The van der Waals surface area contributed by atoms with Gasteiger partial charge in [-0.15, -0.1) is 0 Å². The first-order chi connectivity index (χ1) is 16.1. The van der Waals surface area contributed by atoms with Crippen molar-refractivity contribution in [2.45, 2.75) is 79.3 Å². The molecule has 0 bridgehead atoms. The molecule has 192 valence electrons. The number of benzene rings is 2. The summed E-state index contributed by atoms with van der Waals surface area (Å²) in [5.41, 5.74) is 4.29. The highest BCUT2D eigenvalue weighted by Crippen LogP contribution is 2.32. The predicted octanol–water partition coefficient (Wildman–Crippen LogP) is 4.69. The highest BCUT2D eigenvalue weighted by Gasteiger charge is 2.24. The Morgan fingerprint density at radius 3 is 1.29 bits per heavy atom. The smallest absolute Gasteiger partial charge is 0.269 e. The Labute approximate surface area is 210 Å². The number of rotatable bonds is 10. The van der Waals surface area contributed by atoms with Crippen LogP contribution in [0, 0.1) is 5.41 Å². The third-order valence-electron chi connectivity index (χ3n) is 6.33. The van der Waals surface area contributed by atoms with Gasteiger partial charge in [0, 0.05) is 26.2 Å². The summed E-state index contributed by atoms with van der Waals surface area (Å²) in [6.07, 6.45) is 1.53. The van der Waals surface area contributed by atoms with Crippen LogP contribution >= 0.6 is 0 Å². The first-order valence-electron chi connectivity index (χ1n) is 12.2. The zero-order chi connectivity index (χ0) is 26.6. The summed E-state index contributed by atoms with van der Waals surface area (Å²) in [7, 11) is 0. The molecule has 0 radical (unpaired) electrons. The SMILES string of the molecule is CC(C)(CNCc1cc(C(C)(C)C)cc(C=O)c1[OH2+])CNCc1cc(C(C)(C)C)cc(C=O)c1[OH2+]. The van der Waals surface area contributed by atoms with E-state index in [1.165, 1.54) is 0 Å². The van der Waals surface area contributed by atoms with E-state index in [1.807, 2.05) is 24.3 Å². The molecule has 0 unspecified atom stereocenters. The lowest BCUT2D eigenvalue weighted by atomic mass is 9.84. The number of nitrogens with one attached hydrogen (secondary N) is 2. The molecule has 0 heterocycles. The molecule has 6 heteroatoms. The third kappa shape index (κ3) is 7.64.